The first kappa shape index (κ1) is 16.7. The number of halogens is 2. The van der Waals surface area contributed by atoms with Gasteiger partial charge in [-0.05, 0) is 24.6 Å². The average Bonchev–Trinajstić information content (AvgIpc) is 2.36. The molecule has 9 heteroatoms. The third-order valence-electron chi connectivity index (χ3n) is 3.35. The summed E-state index contributed by atoms with van der Waals surface area (Å²) in [5, 5.41) is 0. The molecule has 0 saturated carbocycles. The van der Waals surface area contributed by atoms with E-state index in [1.807, 2.05) is 0 Å². The Kier molecular flexibility index (Phi) is 4.63. The normalized spacial score (nSPS) is 23.1. The molecule has 0 aliphatic carbocycles. The van der Waals surface area contributed by atoms with Gasteiger partial charge in [-0.2, -0.15) is 4.31 Å². The molecular weight excluding hydrogens is 341 g/mol. The molecule has 1 unspecified atom stereocenters. The molecule has 2 rings (SSSR count). The van der Waals surface area contributed by atoms with Gasteiger partial charge in [0, 0.05) is 18.5 Å². The highest BCUT2D eigenvalue weighted by atomic mass is 35.5. The monoisotopic (exact) mass is 355 g/mol. The van der Waals surface area contributed by atoms with Crippen molar-refractivity contribution in [3.8, 4) is 0 Å². The van der Waals surface area contributed by atoms with E-state index in [0.29, 0.717) is 5.56 Å². The minimum atomic E-state index is -4.07. The maximum absolute atomic E-state index is 14.0. The summed E-state index contributed by atoms with van der Waals surface area (Å²) in [5.74, 6) is -1.31. The largest absolute Gasteiger partial charge is 0.246 e. The number of sulfonamides is 1. The Labute approximate surface area is 128 Å². The van der Waals surface area contributed by atoms with Crippen LogP contribution in [0.2, 0.25) is 0 Å². The Morgan fingerprint density at radius 3 is 2.62 bits per heavy atom. The molecule has 1 fully saturated rings. The summed E-state index contributed by atoms with van der Waals surface area (Å²) in [7, 11) is -7.31. The highest BCUT2D eigenvalue weighted by Gasteiger charge is 2.37. The molecule has 0 radical (unpaired) electrons. The lowest BCUT2D eigenvalue weighted by Gasteiger charge is -2.32. The fraction of sp³-hybridized carbons (Fsp3) is 0.500. The summed E-state index contributed by atoms with van der Waals surface area (Å²) in [5.41, 5.74) is 0.474. The van der Waals surface area contributed by atoms with Crippen LogP contribution >= 0.6 is 11.6 Å². The van der Waals surface area contributed by atoms with Crippen molar-refractivity contribution in [3.63, 3.8) is 0 Å². The minimum Gasteiger partial charge on any atom is -0.229 e. The van der Waals surface area contributed by atoms with Gasteiger partial charge in [-0.25, -0.2) is 21.2 Å². The summed E-state index contributed by atoms with van der Waals surface area (Å²) >= 11 is 5.58. The molecule has 1 atom stereocenters. The van der Waals surface area contributed by atoms with E-state index in [2.05, 4.69) is 0 Å². The Morgan fingerprint density at radius 2 is 2.10 bits per heavy atom. The van der Waals surface area contributed by atoms with E-state index >= 15 is 0 Å². The van der Waals surface area contributed by atoms with Gasteiger partial charge in [0.2, 0.25) is 10.0 Å². The summed E-state index contributed by atoms with van der Waals surface area (Å²) in [6, 6.07) is 2.96. The number of sulfone groups is 1. The van der Waals surface area contributed by atoms with E-state index in [0.717, 1.165) is 16.4 Å². The Balaban J connectivity index is 2.39. The van der Waals surface area contributed by atoms with Gasteiger partial charge in [-0.1, -0.05) is 6.07 Å². The van der Waals surface area contributed by atoms with Gasteiger partial charge < -0.3 is 0 Å². The second-order valence-electron chi connectivity index (χ2n) is 4.98. The molecule has 1 aromatic carbocycles. The topological polar surface area (TPSA) is 71.5 Å². The third-order valence-corrected chi connectivity index (χ3v) is 7.50. The van der Waals surface area contributed by atoms with E-state index in [-0.39, 0.29) is 23.9 Å². The van der Waals surface area contributed by atoms with Crippen molar-refractivity contribution in [2.24, 2.45) is 0 Å². The lowest BCUT2D eigenvalue weighted by atomic mass is 10.2. The molecule has 1 aliphatic rings. The standard InChI is InChI=1S/C12H15ClFNO4S2/c1-9-8-20(16,17)5-4-15(9)21(18,19)12-3-2-10(7-13)6-11(12)14/h2-3,6,9H,4-5,7-8H2,1H3. The first-order valence-corrected chi connectivity index (χ1v) is 10.0. The average molecular weight is 356 g/mol. The first-order valence-electron chi connectivity index (χ1n) is 6.24. The van der Waals surface area contributed by atoms with Crippen LogP contribution in [0.3, 0.4) is 0 Å². The molecule has 21 heavy (non-hydrogen) atoms. The number of alkyl halides is 1. The zero-order valence-electron chi connectivity index (χ0n) is 11.3. The fourth-order valence-corrected chi connectivity index (χ4v) is 5.91. The van der Waals surface area contributed by atoms with Crippen molar-refractivity contribution >= 4 is 31.5 Å². The van der Waals surface area contributed by atoms with Gasteiger partial charge in [0.1, 0.15) is 10.7 Å². The molecule has 1 aliphatic heterocycles. The molecule has 0 N–H and O–H groups in total. The molecule has 0 spiro atoms. The van der Waals surface area contributed by atoms with Gasteiger partial charge in [0.05, 0.1) is 11.5 Å². The SMILES string of the molecule is CC1CS(=O)(=O)CCN1S(=O)(=O)c1ccc(CCl)cc1F. The van der Waals surface area contributed by atoms with Crippen LogP contribution in [0.25, 0.3) is 0 Å². The third kappa shape index (κ3) is 3.39. The highest BCUT2D eigenvalue weighted by Crippen LogP contribution is 2.25. The smallest absolute Gasteiger partial charge is 0.229 e. The van der Waals surface area contributed by atoms with E-state index in [4.69, 9.17) is 11.6 Å². The second-order valence-corrected chi connectivity index (χ2v) is 9.33. The Morgan fingerprint density at radius 1 is 1.43 bits per heavy atom. The van der Waals surface area contributed by atoms with Gasteiger partial charge >= 0.3 is 0 Å². The van der Waals surface area contributed by atoms with Crippen molar-refractivity contribution < 1.29 is 21.2 Å². The molecule has 0 bridgehead atoms. The lowest BCUT2D eigenvalue weighted by molar-refractivity contribution is 0.355. The van der Waals surface area contributed by atoms with Crippen LogP contribution in [-0.2, 0) is 25.7 Å². The summed E-state index contributed by atoms with van der Waals surface area (Å²) in [6.45, 7) is 1.34. The number of hydrogen-bond acceptors (Lipinski definition) is 4. The van der Waals surface area contributed by atoms with Crippen LogP contribution in [0, 0.1) is 5.82 Å². The quantitative estimate of drug-likeness (QED) is 0.768. The Bertz CT molecular complexity index is 749. The predicted octanol–water partition coefficient (Wildman–Crippen LogP) is 1.37. The fourth-order valence-electron chi connectivity index (χ4n) is 2.30. The molecule has 0 aromatic heterocycles. The van der Waals surface area contributed by atoms with Crippen molar-refractivity contribution in [3.05, 3.63) is 29.6 Å². The zero-order chi connectivity index (χ0) is 15.8. The van der Waals surface area contributed by atoms with Crippen LogP contribution in [0.5, 0.6) is 0 Å². The predicted molar refractivity (Wildman–Crippen MR) is 78.0 cm³/mol. The van der Waals surface area contributed by atoms with Crippen LogP contribution < -0.4 is 0 Å². The molecule has 5 nitrogen and oxygen atoms in total. The van der Waals surface area contributed by atoms with E-state index < -0.39 is 36.6 Å². The van der Waals surface area contributed by atoms with E-state index in [1.165, 1.54) is 13.0 Å². The van der Waals surface area contributed by atoms with Crippen LogP contribution in [0.15, 0.2) is 23.1 Å². The van der Waals surface area contributed by atoms with E-state index in [9.17, 15) is 21.2 Å². The van der Waals surface area contributed by atoms with Gasteiger partial charge in [-0.15, -0.1) is 11.6 Å². The van der Waals surface area contributed by atoms with E-state index in [1.54, 1.807) is 0 Å². The maximum Gasteiger partial charge on any atom is 0.246 e. The number of nitrogens with zero attached hydrogens (tertiary/aromatic N) is 1. The Hall–Kier alpha value is -0.700. The molecule has 1 heterocycles. The van der Waals surface area contributed by atoms with Crippen LogP contribution in [-0.4, -0.2) is 45.2 Å². The number of benzene rings is 1. The zero-order valence-corrected chi connectivity index (χ0v) is 13.7. The van der Waals surface area contributed by atoms with Crippen molar-refractivity contribution in [1.82, 2.24) is 4.31 Å². The van der Waals surface area contributed by atoms with Crippen LogP contribution in [0.4, 0.5) is 4.39 Å². The van der Waals surface area contributed by atoms with Crippen molar-refractivity contribution in [2.75, 3.05) is 18.1 Å². The van der Waals surface area contributed by atoms with Crippen molar-refractivity contribution in [1.29, 1.82) is 0 Å². The molecular formula is C12H15ClFNO4S2. The van der Waals surface area contributed by atoms with Gasteiger partial charge in [0.15, 0.2) is 9.84 Å². The van der Waals surface area contributed by atoms with Crippen LogP contribution in [0.1, 0.15) is 12.5 Å². The summed E-state index contributed by atoms with van der Waals surface area (Å²) < 4.78 is 63.0. The van der Waals surface area contributed by atoms with Gasteiger partial charge in [0.25, 0.3) is 0 Å². The summed E-state index contributed by atoms with van der Waals surface area (Å²) in [4.78, 5) is -0.456. The highest BCUT2D eigenvalue weighted by molar-refractivity contribution is 7.92. The molecule has 1 aromatic rings. The van der Waals surface area contributed by atoms with Gasteiger partial charge in [-0.3, -0.25) is 0 Å². The first-order chi connectivity index (χ1) is 9.67. The van der Waals surface area contributed by atoms with Crippen molar-refractivity contribution in [2.45, 2.75) is 23.7 Å². The molecule has 1 saturated heterocycles. The number of hydrogen-bond donors (Lipinski definition) is 0. The number of rotatable bonds is 3. The summed E-state index contributed by atoms with van der Waals surface area (Å²) in [6.07, 6.45) is 0. The minimum absolute atomic E-state index is 0.0790. The molecule has 0 amide bonds. The lowest BCUT2D eigenvalue weighted by Crippen LogP contribution is -2.49. The second kappa shape index (κ2) is 5.83. The maximum atomic E-state index is 14.0. The molecule has 118 valence electrons.